The van der Waals surface area contributed by atoms with E-state index in [-0.39, 0.29) is 23.3 Å². The molecule has 0 saturated carbocycles. The first-order chi connectivity index (χ1) is 11.0. The van der Waals surface area contributed by atoms with Crippen LogP contribution >= 0.6 is 11.6 Å². The summed E-state index contributed by atoms with van der Waals surface area (Å²) in [4.78, 5) is 13.9. The molecule has 0 fully saturated rings. The molecule has 2 aromatic carbocycles. The molecule has 5 nitrogen and oxygen atoms in total. The molecule has 1 atom stereocenters. The number of carbonyl (C=O) groups excluding carboxylic acids is 1. The predicted molar refractivity (Wildman–Crippen MR) is 86.4 cm³/mol. The summed E-state index contributed by atoms with van der Waals surface area (Å²) in [7, 11) is 1.65. The van der Waals surface area contributed by atoms with E-state index in [0.717, 1.165) is 0 Å². The Labute approximate surface area is 139 Å². The monoisotopic (exact) mass is 333 g/mol. The summed E-state index contributed by atoms with van der Waals surface area (Å²) < 4.78 is 11.5. The molecular formula is C17H16ClNO4. The van der Waals surface area contributed by atoms with Crippen molar-refractivity contribution in [2.24, 2.45) is 0 Å². The molecule has 23 heavy (non-hydrogen) atoms. The lowest BCUT2D eigenvalue weighted by Crippen LogP contribution is -2.41. The Hall–Kier alpha value is -2.40. The maximum absolute atomic E-state index is 12.4. The zero-order valence-electron chi connectivity index (χ0n) is 12.5. The number of rotatable bonds is 3. The fourth-order valence-electron chi connectivity index (χ4n) is 2.43. The summed E-state index contributed by atoms with van der Waals surface area (Å²) in [6.07, 6.45) is -0.278. The van der Waals surface area contributed by atoms with E-state index in [0.29, 0.717) is 29.7 Å². The molecule has 3 rings (SSSR count). The van der Waals surface area contributed by atoms with Crippen molar-refractivity contribution in [3.63, 3.8) is 0 Å². The van der Waals surface area contributed by atoms with Crippen LogP contribution in [0.25, 0.3) is 0 Å². The van der Waals surface area contributed by atoms with Gasteiger partial charge >= 0.3 is 0 Å². The van der Waals surface area contributed by atoms with Crippen LogP contribution in [0.3, 0.4) is 0 Å². The minimum atomic E-state index is -0.326. The van der Waals surface area contributed by atoms with Crippen LogP contribution in [0.2, 0.25) is 5.02 Å². The number of para-hydroxylation sites is 2. The second-order valence-electron chi connectivity index (χ2n) is 5.34. The van der Waals surface area contributed by atoms with Gasteiger partial charge in [-0.1, -0.05) is 23.7 Å². The zero-order valence-corrected chi connectivity index (χ0v) is 13.3. The number of amides is 1. The van der Waals surface area contributed by atoms with E-state index in [9.17, 15) is 9.90 Å². The molecule has 0 radical (unpaired) electrons. The third-order valence-corrected chi connectivity index (χ3v) is 3.82. The molecule has 120 valence electrons. The maximum atomic E-state index is 12.4. The van der Waals surface area contributed by atoms with Crippen molar-refractivity contribution in [2.45, 2.75) is 6.10 Å². The third-order valence-electron chi connectivity index (χ3n) is 3.58. The van der Waals surface area contributed by atoms with Gasteiger partial charge in [-0.25, -0.2) is 0 Å². The molecule has 0 saturated heterocycles. The fraction of sp³-hybridized carbons (Fsp3) is 0.235. The van der Waals surface area contributed by atoms with Gasteiger partial charge in [-0.2, -0.15) is 0 Å². The molecule has 0 aromatic heterocycles. The first-order valence-electron chi connectivity index (χ1n) is 7.17. The van der Waals surface area contributed by atoms with E-state index in [1.165, 1.54) is 23.1 Å². The number of hydrogen-bond acceptors (Lipinski definition) is 4. The summed E-state index contributed by atoms with van der Waals surface area (Å²) in [5.41, 5.74) is 0.164. The van der Waals surface area contributed by atoms with Gasteiger partial charge in [-0.15, -0.1) is 0 Å². The molecule has 1 heterocycles. The summed E-state index contributed by atoms with van der Waals surface area (Å²) in [6, 6.07) is 11.8. The van der Waals surface area contributed by atoms with Crippen molar-refractivity contribution in [1.29, 1.82) is 0 Å². The van der Waals surface area contributed by atoms with Crippen molar-refractivity contribution in [3.8, 4) is 17.2 Å². The highest BCUT2D eigenvalue weighted by atomic mass is 35.5. The van der Waals surface area contributed by atoms with Crippen molar-refractivity contribution in [3.05, 3.63) is 53.1 Å². The van der Waals surface area contributed by atoms with Gasteiger partial charge in [0.2, 0.25) is 0 Å². The molecule has 6 heteroatoms. The quantitative estimate of drug-likeness (QED) is 0.938. The van der Waals surface area contributed by atoms with Crippen LogP contribution in [0.4, 0.5) is 0 Å². The van der Waals surface area contributed by atoms with E-state index in [1.54, 1.807) is 7.05 Å². The SMILES string of the molecule is CN(CC1COc2ccccc2O1)C(=O)c1cc(Cl)ccc1O. The minimum absolute atomic E-state index is 0.0996. The van der Waals surface area contributed by atoms with Gasteiger partial charge in [-0.05, 0) is 30.3 Å². The Balaban J connectivity index is 1.69. The Morgan fingerprint density at radius 2 is 2.04 bits per heavy atom. The number of nitrogens with zero attached hydrogens (tertiary/aromatic N) is 1. The number of aromatic hydroxyl groups is 1. The van der Waals surface area contributed by atoms with E-state index in [1.807, 2.05) is 24.3 Å². The highest BCUT2D eigenvalue weighted by Gasteiger charge is 2.25. The van der Waals surface area contributed by atoms with Crippen LogP contribution in [0, 0.1) is 0 Å². The average molecular weight is 334 g/mol. The second kappa shape index (κ2) is 6.38. The fourth-order valence-corrected chi connectivity index (χ4v) is 2.60. The minimum Gasteiger partial charge on any atom is -0.507 e. The van der Waals surface area contributed by atoms with Crippen LogP contribution in [0.5, 0.6) is 17.2 Å². The van der Waals surface area contributed by atoms with Gasteiger partial charge in [0.05, 0.1) is 12.1 Å². The molecule has 1 aliphatic rings. The molecule has 0 aliphatic carbocycles. The Morgan fingerprint density at radius 3 is 2.83 bits per heavy atom. The lowest BCUT2D eigenvalue weighted by atomic mass is 10.1. The number of carbonyl (C=O) groups is 1. The summed E-state index contributed by atoms with van der Waals surface area (Å²) in [6.45, 7) is 0.690. The van der Waals surface area contributed by atoms with Gasteiger partial charge in [0.25, 0.3) is 5.91 Å². The smallest absolute Gasteiger partial charge is 0.257 e. The van der Waals surface area contributed by atoms with Gasteiger partial charge in [0, 0.05) is 12.1 Å². The highest BCUT2D eigenvalue weighted by molar-refractivity contribution is 6.31. The van der Waals surface area contributed by atoms with Crippen molar-refractivity contribution in [2.75, 3.05) is 20.2 Å². The molecule has 1 aliphatic heterocycles. The van der Waals surface area contributed by atoms with Crippen LogP contribution in [-0.2, 0) is 0 Å². The normalized spacial score (nSPS) is 16.0. The number of halogens is 1. The van der Waals surface area contributed by atoms with E-state index >= 15 is 0 Å². The van der Waals surface area contributed by atoms with Crippen molar-refractivity contribution < 1.29 is 19.4 Å². The summed E-state index contributed by atoms with van der Waals surface area (Å²) in [5.74, 6) is 0.935. The standard InChI is InChI=1S/C17H16ClNO4/c1-19(17(21)13-8-11(18)6-7-14(13)20)9-12-10-22-15-4-2-3-5-16(15)23-12/h2-8,12,20H,9-10H2,1H3. The van der Waals surface area contributed by atoms with Crippen molar-refractivity contribution in [1.82, 2.24) is 4.90 Å². The number of fused-ring (bicyclic) bond motifs is 1. The topological polar surface area (TPSA) is 59.0 Å². The lowest BCUT2D eigenvalue weighted by Gasteiger charge is -2.29. The molecule has 0 spiro atoms. The lowest BCUT2D eigenvalue weighted by molar-refractivity contribution is 0.0519. The third kappa shape index (κ3) is 3.35. The molecule has 2 aromatic rings. The largest absolute Gasteiger partial charge is 0.507 e. The predicted octanol–water partition coefficient (Wildman–Crippen LogP) is 2.96. The van der Waals surface area contributed by atoms with Gasteiger partial charge < -0.3 is 19.5 Å². The summed E-state index contributed by atoms with van der Waals surface area (Å²) in [5, 5.41) is 10.2. The van der Waals surface area contributed by atoms with E-state index in [2.05, 4.69) is 0 Å². The highest BCUT2D eigenvalue weighted by Crippen LogP contribution is 2.31. The molecule has 1 amide bonds. The number of ether oxygens (including phenoxy) is 2. The molecule has 1 unspecified atom stereocenters. The number of benzene rings is 2. The Bertz CT molecular complexity index is 734. The number of phenolic OH excluding ortho intramolecular Hbond substituents is 1. The molecule has 1 N–H and O–H groups in total. The zero-order chi connectivity index (χ0) is 16.4. The Morgan fingerprint density at radius 1 is 1.30 bits per heavy atom. The van der Waals surface area contributed by atoms with Crippen LogP contribution in [0.1, 0.15) is 10.4 Å². The Kier molecular flexibility index (Phi) is 4.30. The van der Waals surface area contributed by atoms with Gasteiger partial charge in [-0.3, -0.25) is 4.79 Å². The summed E-state index contributed by atoms with van der Waals surface area (Å²) >= 11 is 5.89. The van der Waals surface area contributed by atoms with E-state index in [4.69, 9.17) is 21.1 Å². The number of hydrogen-bond donors (Lipinski definition) is 1. The molecular weight excluding hydrogens is 318 g/mol. The van der Waals surface area contributed by atoms with Crippen LogP contribution in [0.15, 0.2) is 42.5 Å². The first kappa shape index (κ1) is 15.5. The second-order valence-corrected chi connectivity index (χ2v) is 5.78. The maximum Gasteiger partial charge on any atom is 0.257 e. The first-order valence-corrected chi connectivity index (χ1v) is 7.55. The average Bonchev–Trinajstić information content (AvgIpc) is 2.56. The van der Waals surface area contributed by atoms with Crippen LogP contribution < -0.4 is 9.47 Å². The number of likely N-dealkylation sites (N-methyl/N-ethyl adjacent to an activating group) is 1. The van der Waals surface area contributed by atoms with Crippen molar-refractivity contribution >= 4 is 17.5 Å². The van der Waals surface area contributed by atoms with Gasteiger partial charge in [0.1, 0.15) is 12.4 Å². The van der Waals surface area contributed by atoms with E-state index < -0.39 is 0 Å². The molecule has 0 bridgehead atoms. The number of phenols is 1. The van der Waals surface area contributed by atoms with Crippen LogP contribution in [-0.4, -0.2) is 42.2 Å². The van der Waals surface area contributed by atoms with Gasteiger partial charge in [0.15, 0.2) is 17.6 Å².